The van der Waals surface area contributed by atoms with Crippen molar-refractivity contribution in [3.8, 4) is 5.75 Å². The SMILES string of the molecule is Cl.NCc1ccc(C(=O)N(Cc2ccc3c(c2)CCO3)C2CCCC2)cc1. The Morgan fingerprint density at radius 1 is 1.07 bits per heavy atom. The Morgan fingerprint density at radius 3 is 2.48 bits per heavy atom. The molecule has 5 heteroatoms. The first kappa shape index (κ1) is 19.7. The van der Waals surface area contributed by atoms with Gasteiger partial charge in [0.1, 0.15) is 5.75 Å². The minimum absolute atomic E-state index is 0. The van der Waals surface area contributed by atoms with Gasteiger partial charge in [0.2, 0.25) is 0 Å². The second-order valence-corrected chi connectivity index (χ2v) is 7.31. The highest BCUT2D eigenvalue weighted by atomic mass is 35.5. The minimum Gasteiger partial charge on any atom is -0.493 e. The van der Waals surface area contributed by atoms with Crippen LogP contribution in [0.2, 0.25) is 0 Å². The first-order valence-corrected chi connectivity index (χ1v) is 9.59. The van der Waals surface area contributed by atoms with E-state index in [1.807, 2.05) is 30.3 Å². The predicted molar refractivity (Wildman–Crippen MR) is 109 cm³/mol. The van der Waals surface area contributed by atoms with Crippen molar-refractivity contribution in [3.63, 3.8) is 0 Å². The van der Waals surface area contributed by atoms with E-state index in [2.05, 4.69) is 17.0 Å². The summed E-state index contributed by atoms with van der Waals surface area (Å²) < 4.78 is 5.61. The lowest BCUT2D eigenvalue weighted by Gasteiger charge is -2.29. The summed E-state index contributed by atoms with van der Waals surface area (Å²) in [6.07, 6.45) is 5.57. The quantitative estimate of drug-likeness (QED) is 0.842. The van der Waals surface area contributed by atoms with Crippen LogP contribution in [0.1, 0.15) is 52.7 Å². The molecule has 0 atom stereocenters. The van der Waals surface area contributed by atoms with Gasteiger partial charge in [-0.25, -0.2) is 0 Å². The summed E-state index contributed by atoms with van der Waals surface area (Å²) in [5.74, 6) is 1.11. The van der Waals surface area contributed by atoms with E-state index in [9.17, 15) is 4.79 Å². The van der Waals surface area contributed by atoms with Crippen LogP contribution in [0.15, 0.2) is 42.5 Å². The zero-order chi connectivity index (χ0) is 17.9. The molecule has 0 radical (unpaired) electrons. The molecular weight excluding hydrogens is 360 g/mol. The Kier molecular flexibility index (Phi) is 6.40. The topological polar surface area (TPSA) is 55.6 Å². The zero-order valence-corrected chi connectivity index (χ0v) is 16.3. The van der Waals surface area contributed by atoms with E-state index in [0.717, 1.165) is 42.7 Å². The van der Waals surface area contributed by atoms with E-state index in [4.69, 9.17) is 10.5 Å². The summed E-state index contributed by atoms with van der Waals surface area (Å²) in [4.78, 5) is 15.3. The third-order valence-electron chi connectivity index (χ3n) is 5.57. The second kappa shape index (κ2) is 8.77. The largest absolute Gasteiger partial charge is 0.493 e. The molecule has 1 aliphatic carbocycles. The molecule has 0 aromatic heterocycles. The highest BCUT2D eigenvalue weighted by Gasteiger charge is 2.28. The molecule has 4 nitrogen and oxygen atoms in total. The monoisotopic (exact) mass is 386 g/mol. The summed E-state index contributed by atoms with van der Waals surface area (Å²) in [5, 5.41) is 0. The molecule has 0 spiro atoms. The molecule has 1 fully saturated rings. The molecule has 4 rings (SSSR count). The summed E-state index contributed by atoms with van der Waals surface area (Å²) in [6.45, 7) is 1.92. The molecule has 0 unspecified atom stereocenters. The van der Waals surface area contributed by atoms with Crippen LogP contribution in [0.25, 0.3) is 0 Å². The smallest absolute Gasteiger partial charge is 0.254 e. The van der Waals surface area contributed by atoms with Crippen molar-refractivity contribution in [3.05, 3.63) is 64.7 Å². The second-order valence-electron chi connectivity index (χ2n) is 7.31. The number of rotatable bonds is 5. The fraction of sp³-hybridized carbons (Fsp3) is 0.409. The number of ether oxygens (including phenoxy) is 1. The van der Waals surface area contributed by atoms with Crippen molar-refractivity contribution in [2.75, 3.05) is 6.61 Å². The van der Waals surface area contributed by atoms with Gasteiger partial charge in [-0.15, -0.1) is 12.4 Å². The fourth-order valence-corrected chi connectivity index (χ4v) is 4.07. The lowest BCUT2D eigenvalue weighted by Crippen LogP contribution is -2.38. The van der Waals surface area contributed by atoms with Crippen LogP contribution in [0.4, 0.5) is 0 Å². The molecule has 1 heterocycles. The lowest BCUT2D eigenvalue weighted by atomic mass is 10.0. The number of amides is 1. The van der Waals surface area contributed by atoms with Gasteiger partial charge in [-0.05, 0) is 47.7 Å². The van der Waals surface area contributed by atoms with Crippen molar-refractivity contribution in [1.29, 1.82) is 0 Å². The van der Waals surface area contributed by atoms with Crippen LogP contribution in [0.5, 0.6) is 5.75 Å². The first-order chi connectivity index (χ1) is 12.7. The van der Waals surface area contributed by atoms with E-state index in [1.165, 1.54) is 24.0 Å². The first-order valence-electron chi connectivity index (χ1n) is 9.59. The van der Waals surface area contributed by atoms with E-state index in [0.29, 0.717) is 19.1 Å². The van der Waals surface area contributed by atoms with Crippen LogP contribution < -0.4 is 10.5 Å². The summed E-state index contributed by atoms with van der Waals surface area (Å²) in [7, 11) is 0. The van der Waals surface area contributed by atoms with Gasteiger partial charge < -0.3 is 15.4 Å². The molecule has 2 N–H and O–H groups in total. The van der Waals surface area contributed by atoms with E-state index in [-0.39, 0.29) is 18.3 Å². The van der Waals surface area contributed by atoms with E-state index < -0.39 is 0 Å². The molecule has 2 aromatic carbocycles. The van der Waals surface area contributed by atoms with Crippen molar-refractivity contribution >= 4 is 18.3 Å². The van der Waals surface area contributed by atoms with Crippen molar-refractivity contribution < 1.29 is 9.53 Å². The number of hydrogen-bond acceptors (Lipinski definition) is 3. The molecule has 2 aliphatic rings. The van der Waals surface area contributed by atoms with Gasteiger partial charge in [-0.3, -0.25) is 4.79 Å². The Bertz CT molecular complexity index is 785. The molecule has 1 saturated carbocycles. The average molecular weight is 387 g/mol. The van der Waals surface area contributed by atoms with Gasteiger partial charge in [0.15, 0.2) is 0 Å². The lowest BCUT2D eigenvalue weighted by molar-refractivity contribution is 0.0664. The molecule has 2 aromatic rings. The summed E-state index contributed by atoms with van der Waals surface area (Å²) >= 11 is 0. The Balaban J connectivity index is 0.00000210. The number of fused-ring (bicyclic) bond motifs is 1. The molecule has 0 saturated heterocycles. The van der Waals surface area contributed by atoms with Gasteiger partial charge >= 0.3 is 0 Å². The van der Waals surface area contributed by atoms with Crippen LogP contribution in [0, 0.1) is 0 Å². The van der Waals surface area contributed by atoms with Gasteiger partial charge in [-0.2, -0.15) is 0 Å². The van der Waals surface area contributed by atoms with Gasteiger partial charge in [-0.1, -0.05) is 37.1 Å². The van der Waals surface area contributed by atoms with E-state index >= 15 is 0 Å². The van der Waals surface area contributed by atoms with Gasteiger partial charge in [0.25, 0.3) is 5.91 Å². The maximum absolute atomic E-state index is 13.2. The Morgan fingerprint density at radius 2 is 1.78 bits per heavy atom. The van der Waals surface area contributed by atoms with Gasteiger partial charge in [0.05, 0.1) is 6.61 Å². The highest BCUT2D eigenvalue weighted by Crippen LogP contribution is 2.29. The Labute approximate surface area is 167 Å². The zero-order valence-electron chi connectivity index (χ0n) is 15.5. The molecular formula is C22H27ClN2O2. The van der Waals surface area contributed by atoms with Crippen molar-refractivity contribution in [1.82, 2.24) is 4.90 Å². The molecule has 144 valence electrons. The maximum Gasteiger partial charge on any atom is 0.254 e. The third kappa shape index (κ3) is 4.28. The summed E-state index contributed by atoms with van der Waals surface area (Å²) in [5.41, 5.74) is 9.92. The molecule has 0 bridgehead atoms. The molecule has 1 aliphatic heterocycles. The number of carbonyl (C=O) groups excluding carboxylic acids is 1. The van der Waals surface area contributed by atoms with E-state index in [1.54, 1.807) is 0 Å². The standard InChI is InChI=1S/C22H26N2O2.ClH/c23-14-16-5-8-18(9-6-16)22(25)24(20-3-1-2-4-20)15-17-7-10-21-19(13-17)11-12-26-21;/h5-10,13,20H,1-4,11-12,14-15,23H2;1H. The van der Waals surface area contributed by atoms with Crippen molar-refractivity contribution in [2.24, 2.45) is 5.73 Å². The molecule has 27 heavy (non-hydrogen) atoms. The minimum atomic E-state index is 0. The number of benzene rings is 2. The van der Waals surface area contributed by atoms with Crippen LogP contribution in [-0.4, -0.2) is 23.5 Å². The number of carbonyl (C=O) groups is 1. The van der Waals surface area contributed by atoms with Gasteiger partial charge in [0, 0.05) is 31.1 Å². The fourth-order valence-electron chi connectivity index (χ4n) is 4.07. The number of nitrogens with two attached hydrogens (primary N) is 1. The normalized spacial score (nSPS) is 15.7. The van der Waals surface area contributed by atoms with Crippen molar-refractivity contribution in [2.45, 2.75) is 51.2 Å². The average Bonchev–Trinajstić information content (AvgIpc) is 3.37. The number of halogens is 1. The molecule has 1 amide bonds. The third-order valence-corrected chi connectivity index (χ3v) is 5.57. The highest BCUT2D eigenvalue weighted by molar-refractivity contribution is 5.94. The van der Waals surface area contributed by atoms with Crippen LogP contribution >= 0.6 is 12.4 Å². The van der Waals surface area contributed by atoms with Crippen LogP contribution in [-0.2, 0) is 19.5 Å². The number of nitrogens with zero attached hydrogens (tertiary/aromatic N) is 1. The van der Waals surface area contributed by atoms with Crippen LogP contribution in [0.3, 0.4) is 0 Å². The number of hydrogen-bond donors (Lipinski definition) is 1. The summed E-state index contributed by atoms with van der Waals surface area (Å²) in [6, 6.07) is 14.4. The Hall–Kier alpha value is -2.04. The predicted octanol–water partition coefficient (Wildman–Crippen LogP) is 4.09. The maximum atomic E-state index is 13.2.